The number of aromatic carboxylic acids is 1. The van der Waals surface area contributed by atoms with E-state index in [1.807, 2.05) is 0 Å². The summed E-state index contributed by atoms with van der Waals surface area (Å²) in [6, 6.07) is 4.99. The van der Waals surface area contributed by atoms with Crippen molar-refractivity contribution in [1.29, 1.82) is 0 Å². The van der Waals surface area contributed by atoms with Gasteiger partial charge in [0.05, 0.1) is 12.2 Å². The van der Waals surface area contributed by atoms with Crippen LogP contribution in [0.3, 0.4) is 0 Å². The fourth-order valence-electron chi connectivity index (χ4n) is 1.22. The van der Waals surface area contributed by atoms with Crippen molar-refractivity contribution in [2.24, 2.45) is 0 Å². The van der Waals surface area contributed by atoms with E-state index < -0.39 is 5.97 Å². The summed E-state index contributed by atoms with van der Waals surface area (Å²) in [5, 5.41) is 17.4. The van der Waals surface area contributed by atoms with E-state index in [1.165, 1.54) is 0 Å². The van der Waals surface area contributed by atoms with Gasteiger partial charge in [0.15, 0.2) is 0 Å². The van der Waals surface area contributed by atoms with E-state index in [4.69, 9.17) is 10.2 Å². The molecule has 15 heavy (non-hydrogen) atoms. The van der Waals surface area contributed by atoms with Gasteiger partial charge in [0, 0.05) is 12.0 Å². The first kappa shape index (κ1) is 11.3. The first-order chi connectivity index (χ1) is 7.16. The minimum atomic E-state index is -0.946. The molecule has 0 aromatic heterocycles. The van der Waals surface area contributed by atoms with Crippen molar-refractivity contribution in [2.45, 2.75) is 13.3 Å². The van der Waals surface area contributed by atoms with E-state index in [9.17, 15) is 4.79 Å². The van der Waals surface area contributed by atoms with E-state index >= 15 is 0 Å². The number of benzene rings is 1. The third-order valence-corrected chi connectivity index (χ3v) is 2.02. The van der Waals surface area contributed by atoms with Gasteiger partial charge in [-0.3, -0.25) is 0 Å². The molecule has 0 bridgehead atoms. The molecular weight excluding hydrogens is 192 g/mol. The zero-order valence-electron chi connectivity index (χ0n) is 8.45. The van der Waals surface area contributed by atoms with Crippen LogP contribution in [0.1, 0.15) is 27.9 Å². The van der Waals surface area contributed by atoms with E-state index in [0.29, 0.717) is 17.5 Å². The Hall–Kier alpha value is -1.79. The van der Waals surface area contributed by atoms with E-state index in [1.54, 1.807) is 25.1 Å². The monoisotopic (exact) mass is 204 g/mol. The molecule has 0 saturated carbocycles. The molecule has 0 amide bonds. The van der Waals surface area contributed by atoms with Gasteiger partial charge in [0.25, 0.3) is 0 Å². The van der Waals surface area contributed by atoms with Crippen molar-refractivity contribution in [3.8, 4) is 11.8 Å². The van der Waals surface area contributed by atoms with E-state index in [0.717, 1.165) is 0 Å². The Bertz CT molecular complexity index is 424. The normalized spacial score (nSPS) is 9.20. The summed E-state index contributed by atoms with van der Waals surface area (Å²) < 4.78 is 0. The van der Waals surface area contributed by atoms with Crippen LogP contribution in [0.5, 0.6) is 0 Å². The van der Waals surface area contributed by atoms with Crippen LogP contribution in [0.25, 0.3) is 0 Å². The third kappa shape index (κ3) is 2.83. The fraction of sp³-hybridized carbons (Fsp3) is 0.250. The quantitative estimate of drug-likeness (QED) is 0.716. The Kier molecular flexibility index (Phi) is 3.90. The Morgan fingerprint density at radius 2 is 2.20 bits per heavy atom. The van der Waals surface area contributed by atoms with Crippen molar-refractivity contribution < 1.29 is 15.0 Å². The highest BCUT2D eigenvalue weighted by Gasteiger charge is 2.07. The second-order valence-electron chi connectivity index (χ2n) is 3.06. The number of carbonyl (C=O) groups is 1. The minimum absolute atomic E-state index is 0.0185. The summed E-state index contributed by atoms with van der Waals surface area (Å²) in [6.07, 6.45) is 0.400. The molecular formula is C12H12O3. The van der Waals surface area contributed by atoms with Crippen LogP contribution in [0.4, 0.5) is 0 Å². The highest BCUT2D eigenvalue weighted by Crippen LogP contribution is 2.12. The lowest BCUT2D eigenvalue weighted by molar-refractivity contribution is 0.0696. The van der Waals surface area contributed by atoms with Gasteiger partial charge in [-0.15, -0.1) is 0 Å². The summed E-state index contributed by atoms with van der Waals surface area (Å²) in [7, 11) is 0. The summed E-state index contributed by atoms with van der Waals surface area (Å²) in [6.45, 7) is 1.75. The Morgan fingerprint density at radius 3 is 2.80 bits per heavy atom. The summed E-state index contributed by atoms with van der Waals surface area (Å²) >= 11 is 0. The van der Waals surface area contributed by atoms with Gasteiger partial charge in [0.1, 0.15) is 0 Å². The molecule has 0 spiro atoms. The molecule has 0 aliphatic heterocycles. The average molecular weight is 204 g/mol. The maximum atomic E-state index is 10.8. The second-order valence-corrected chi connectivity index (χ2v) is 3.06. The molecule has 0 aliphatic carbocycles. The lowest BCUT2D eigenvalue weighted by Gasteiger charge is -2.02. The predicted molar refractivity (Wildman–Crippen MR) is 56.7 cm³/mol. The number of hydrogen-bond donors (Lipinski definition) is 2. The molecule has 0 unspecified atom stereocenters. The molecule has 1 rings (SSSR count). The number of carboxylic acid groups (broad SMARTS) is 1. The highest BCUT2D eigenvalue weighted by molar-refractivity contribution is 5.90. The van der Waals surface area contributed by atoms with Crippen molar-refractivity contribution in [3.05, 3.63) is 34.9 Å². The van der Waals surface area contributed by atoms with E-state index in [-0.39, 0.29) is 12.2 Å². The standard InChI is InChI=1S/C12H12O3/c1-9-10(5-2-3-8-13)6-4-7-11(9)12(14)15/h4,6-7,13H,3,8H2,1H3,(H,14,15). The Labute approximate surface area is 88.4 Å². The lowest BCUT2D eigenvalue weighted by Crippen LogP contribution is -2.00. The van der Waals surface area contributed by atoms with Crippen molar-refractivity contribution in [3.63, 3.8) is 0 Å². The van der Waals surface area contributed by atoms with Gasteiger partial charge in [-0.1, -0.05) is 17.9 Å². The molecule has 0 aliphatic rings. The SMILES string of the molecule is Cc1c(C#CCCO)cccc1C(=O)O. The highest BCUT2D eigenvalue weighted by atomic mass is 16.4. The Morgan fingerprint density at radius 1 is 1.47 bits per heavy atom. The van der Waals surface area contributed by atoms with Crippen LogP contribution in [0.15, 0.2) is 18.2 Å². The molecule has 0 heterocycles. The average Bonchev–Trinajstić information content (AvgIpc) is 2.20. The third-order valence-electron chi connectivity index (χ3n) is 2.02. The first-order valence-corrected chi connectivity index (χ1v) is 4.59. The molecule has 3 nitrogen and oxygen atoms in total. The smallest absolute Gasteiger partial charge is 0.335 e. The maximum absolute atomic E-state index is 10.8. The zero-order chi connectivity index (χ0) is 11.3. The molecule has 1 aromatic carbocycles. The summed E-state index contributed by atoms with van der Waals surface area (Å²) in [4.78, 5) is 10.8. The molecule has 0 fully saturated rings. The topological polar surface area (TPSA) is 57.5 Å². The van der Waals surface area contributed by atoms with Crippen LogP contribution in [0, 0.1) is 18.8 Å². The summed E-state index contributed by atoms with van der Waals surface area (Å²) in [5.74, 6) is 4.66. The van der Waals surface area contributed by atoms with Crippen LogP contribution in [-0.2, 0) is 0 Å². The number of aliphatic hydroxyl groups excluding tert-OH is 1. The number of aliphatic hydroxyl groups is 1. The lowest BCUT2D eigenvalue weighted by atomic mass is 10.0. The zero-order valence-corrected chi connectivity index (χ0v) is 8.45. The van der Waals surface area contributed by atoms with Crippen molar-refractivity contribution in [1.82, 2.24) is 0 Å². The summed E-state index contributed by atoms with van der Waals surface area (Å²) in [5.41, 5.74) is 1.63. The molecule has 1 aromatic rings. The fourth-order valence-corrected chi connectivity index (χ4v) is 1.22. The largest absolute Gasteiger partial charge is 0.478 e. The number of rotatable bonds is 2. The van der Waals surface area contributed by atoms with Gasteiger partial charge in [-0.25, -0.2) is 4.79 Å². The van der Waals surface area contributed by atoms with Crippen molar-refractivity contribution >= 4 is 5.97 Å². The molecule has 0 saturated heterocycles. The molecule has 2 N–H and O–H groups in total. The predicted octanol–water partition coefficient (Wildman–Crippen LogP) is 1.43. The van der Waals surface area contributed by atoms with Crippen LogP contribution < -0.4 is 0 Å². The van der Waals surface area contributed by atoms with Gasteiger partial charge in [0.2, 0.25) is 0 Å². The molecule has 78 valence electrons. The minimum Gasteiger partial charge on any atom is -0.478 e. The second kappa shape index (κ2) is 5.18. The Balaban J connectivity index is 3.06. The van der Waals surface area contributed by atoms with Crippen LogP contribution in [-0.4, -0.2) is 22.8 Å². The van der Waals surface area contributed by atoms with Crippen LogP contribution in [0.2, 0.25) is 0 Å². The van der Waals surface area contributed by atoms with Crippen LogP contribution >= 0.6 is 0 Å². The molecule has 0 radical (unpaired) electrons. The molecule has 3 heteroatoms. The van der Waals surface area contributed by atoms with Gasteiger partial charge >= 0.3 is 5.97 Å². The van der Waals surface area contributed by atoms with E-state index in [2.05, 4.69) is 11.8 Å². The number of hydrogen-bond acceptors (Lipinski definition) is 2. The first-order valence-electron chi connectivity index (χ1n) is 4.59. The van der Waals surface area contributed by atoms with Gasteiger partial charge in [-0.05, 0) is 24.6 Å². The number of carboxylic acids is 1. The van der Waals surface area contributed by atoms with Gasteiger partial charge < -0.3 is 10.2 Å². The molecule has 0 atom stereocenters. The maximum Gasteiger partial charge on any atom is 0.335 e. The van der Waals surface area contributed by atoms with Gasteiger partial charge in [-0.2, -0.15) is 0 Å². The van der Waals surface area contributed by atoms with Crippen molar-refractivity contribution in [2.75, 3.05) is 6.61 Å².